The number of hydrogen-bond acceptors (Lipinski definition) is 5. The van der Waals surface area contributed by atoms with Crippen LogP contribution in [0.2, 0.25) is 0 Å². The van der Waals surface area contributed by atoms with Crippen LogP contribution in [-0.4, -0.2) is 36.1 Å². The number of benzene rings is 1. The second kappa shape index (κ2) is 8.14. The maximum atomic E-state index is 12.6. The Morgan fingerprint density at radius 3 is 2.85 bits per heavy atom. The first-order valence-corrected chi connectivity index (χ1v) is 8.99. The number of fused-ring (bicyclic) bond motifs is 1. The van der Waals surface area contributed by atoms with Crippen molar-refractivity contribution >= 4 is 44.2 Å². The van der Waals surface area contributed by atoms with E-state index in [1.807, 2.05) is 48.2 Å². The van der Waals surface area contributed by atoms with Crippen molar-refractivity contribution in [3.63, 3.8) is 0 Å². The van der Waals surface area contributed by atoms with Gasteiger partial charge in [0, 0.05) is 23.4 Å². The number of para-hydroxylation sites is 2. The van der Waals surface area contributed by atoms with Crippen LogP contribution < -0.4 is 15.0 Å². The fraction of sp³-hybridized carbons (Fsp3) is 0.211. The monoisotopic (exact) mass is 414 g/mol. The van der Waals surface area contributed by atoms with Gasteiger partial charge in [0.25, 0.3) is 0 Å². The molecule has 3 aromatic rings. The van der Waals surface area contributed by atoms with Gasteiger partial charge < -0.3 is 15.0 Å². The van der Waals surface area contributed by atoms with Crippen LogP contribution in [0.25, 0.3) is 11.0 Å². The van der Waals surface area contributed by atoms with Gasteiger partial charge in [-0.05, 0) is 47.1 Å². The number of amides is 1. The lowest BCUT2D eigenvalue weighted by atomic mass is 10.2. The average molecular weight is 415 g/mol. The van der Waals surface area contributed by atoms with Crippen molar-refractivity contribution in [2.45, 2.75) is 6.92 Å². The highest BCUT2D eigenvalue weighted by Crippen LogP contribution is 2.26. The van der Waals surface area contributed by atoms with E-state index in [0.717, 1.165) is 21.2 Å². The summed E-state index contributed by atoms with van der Waals surface area (Å²) >= 11 is 3.41. The molecule has 1 amide bonds. The molecule has 26 heavy (non-hydrogen) atoms. The molecule has 0 aliphatic heterocycles. The molecule has 7 heteroatoms. The van der Waals surface area contributed by atoms with E-state index in [-0.39, 0.29) is 12.5 Å². The van der Waals surface area contributed by atoms with Gasteiger partial charge in [-0.3, -0.25) is 14.8 Å². The summed E-state index contributed by atoms with van der Waals surface area (Å²) < 4.78 is 6.15. The molecule has 3 rings (SSSR count). The molecule has 0 atom stereocenters. The summed E-state index contributed by atoms with van der Waals surface area (Å²) in [6, 6.07) is 11.1. The predicted octanol–water partition coefficient (Wildman–Crippen LogP) is 3.87. The van der Waals surface area contributed by atoms with E-state index in [2.05, 4.69) is 31.2 Å². The minimum atomic E-state index is -0.126. The molecule has 2 aromatic heterocycles. The first-order valence-electron chi connectivity index (χ1n) is 8.20. The molecule has 0 fully saturated rings. The van der Waals surface area contributed by atoms with E-state index in [1.54, 1.807) is 19.5 Å². The topological polar surface area (TPSA) is 67.4 Å². The number of anilines is 2. The molecule has 0 unspecified atom stereocenters. The van der Waals surface area contributed by atoms with E-state index < -0.39 is 0 Å². The summed E-state index contributed by atoms with van der Waals surface area (Å²) in [6.45, 7) is 2.86. The number of likely N-dealkylation sites (N-methyl/N-ethyl adjacent to an activating group) is 1. The number of rotatable bonds is 6. The Morgan fingerprint density at radius 1 is 1.27 bits per heavy atom. The zero-order valence-electron chi connectivity index (χ0n) is 14.6. The SMILES string of the molecule is CCN(CC(=O)Nc1ccccc1OC)c1ccnc2cc(Br)cnc12. The highest BCUT2D eigenvalue weighted by atomic mass is 79.9. The lowest BCUT2D eigenvalue weighted by Gasteiger charge is -2.23. The Bertz CT molecular complexity index is 932. The molecule has 0 saturated heterocycles. The minimum Gasteiger partial charge on any atom is -0.495 e. The number of carbonyl (C=O) groups is 1. The molecule has 0 bridgehead atoms. The van der Waals surface area contributed by atoms with E-state index in [0.29, 0.717) is 18.0 Å². The number of nitrogens with zero attached hydrogens (tertiary/aromatic N) is 3. The molecule has 0 aliphatic rings. The molecular weight excluding hydrogens is 396 g/mol. The van der Waals surface area contributed by atoms with Gasteiger partial charge in [-0.2, -0.15) is 0 Å². The molecule has 2 heterocycles. The third kappa shape index (κ3) is 3.94. The molecule has 134 valence electrons. The second-order valence-electron chi connectivity index (χ2n) is 5.61. The molecule has 0 saturated carbocycles. The van der Waals surface area contributed by atoms with Gasteiger partial charge >= 0.3 is 0 Å². The highest BCUT2D eigenvalue weighted by molar-refractivity contribution is 9.10. The molecule has 1 N–H and O–H groups in total. The van der Waals surface area contributed by atoms with Gasteiger partial charge in [0.15, 0.2) is 0 Å². The van der Waals surface area contributed by atoms with Crippen molar-refractivity contribution in [3.8, 4) is 5.75 Å². The number of carbonyl (C=O) groups excluding carboxylic acids is 1. The summed E-state index contributed by atoms with van der Waals surface area (Å²) in [5.74, 6) is 0.503. The summed E-state index contributed by atoms with van der Waals surface area (Å²) in [6.07, 6.45) is 3.46. The van der Waals surface area contributed by atoms with Crippen LogP contribution in [0.4, 0.5) is 11.4 Å². The first-order chi connectivity index (χ1) is 12.6. The largest absolute Gasteiger partial charge is 0.495 e. The number of ether oxygens (including phenoxy) is 1. The number of pyridine rings is 2. The third-order valence-electron chi connectivity index (χ3n) is 3.96. The first kappa shape index (κ1) is 18.1. The third-order valence-corrected chi connectivity index (χ3v) is 4.39. The van der Waals surface area contributed by atoms with Gasteiger partial charge in [-0.1, -0.05) is 12.1 Å². The second-order valence-corrected chi connectivity index (χ2v) is 6.53. The van der Waals surface area contributed by atoms with Crippen LogP contribution in [-0.2, 0) is 4.79 Å². The fourth-order valence-corrected chi connectivity index (χ4v) is 3.04. The average Bonchev–Trinajstić information content (AvgIpc) is 2.66. The Morgan fingerprint density at radius 2 is 2.08 bits per heavy atom. The van der Waals surface area contributed by atoms with E-state index in [1.165, 1.54) is 0 Å². The number of aromatic nitrogens is 2. The molecule has 0 aliphatic carbocycles. The lowest BCUT2D eigenvalue weighted by Crippen LogP contribution is -2.33. The van der Waals surface area contributed by atoms with Crippen molar-refractivity contribution in [1.82, 2.24) is 9.97 Å². The maximum absolute atomic E-state index is 12.6. The fourth-order valence-electron chi connectivity index (χ4n) is 2.72. The van der Waals surface area contributed by atoms with Crippen LogP contribution in [0.3, 0.4) is 0 Å². The van der Waals surface area contributed by atoms with Crippen LogP contribution in [0, 0.1) is 0 Å². The standard InChI is InChI=1S/C19H19BrN4O2/c1-3-24(12-18(25)23-14-6-4-5-7-17(14)26-2)16-8-9-21-15-10-13(20)11-22-19(15)16/h4-11H,3,12H2,1-2H3,(H,23,25). The molecule has 1 aromatic carbocycles. The normalized spacial score (nSPS) is 10.6. The Balaban J connectivity index is 1.83. The van der Waals surface area contributed by atoms with Gasteiger partial charge in [-0.25, -0.2) is 0 Å². The summed E-state index contributed by atoms with van der Waals surface area (Å²) in [5, 5.41) is 2.90. The van der Waals surface area contributed by atoms with Crippen molar-refractivity contribution in [2.24, 2.45) is 0 Å². The smallest absolute Gasteiger partial charge is 0.243 e. The van der Waals surface area contributed by atoms with E-state index in [4.69, 9.17) is 4.74 Å². The number of nitrogens with one attached hydrogen (secondary N) is 1. The molecule has 0 spiro atoms. The van der Waals surface area contributed by atoms with Crippen molar-refractivity contribution in [2.75, 3.05) is 30.4 Å². The molecular formula is C19H19BrN4O2. The molecule has 0 radical (unpaired) electrons. The summed E-state index contributed by atoms with van der Waals surface area (Å²) in [7, 11) is 1.58. The van der Waals surface area contributed by atoms with Crippen LogP contribution in [0.1, 0.15) is 6.92 Å². The zero-order chi connectivity index (χ0) is 18.5. The Hall–Kier alpha value is -2.67. The summed E-state index contributed by atoms with van der Waals surface area (Å²) in [4.78, 5) is 23.3. The van der Waals surface area contributed by atoms with Gasteiger partial charge in [-0.15, -0.1) is 0 Å². The van der Waals surface area contributed by atoms with Crippen molar-refractivity contribution in [3.05, 3.63) is 53.3 Å². The van der Waals surface area contributed by atoms with Crippen molar-refractivity contribution in [1.29, 1.82) is 0 Å². The quantitative estimate of drug-likeness (QED) is 0.662. The van der Waals surface area contributed by atoms with Crippen molar-refractivity contribution < 1.29 is 9.53 Å². The zero-order valence-corrected chi connectivity index (χ0v) is 16.2. The van der Waals surface area contributed by atoms with Crippen LogP contribution in [0.5, 0.6) is 5.75 Å². The number of hydrogen-bond donors (Lipinski definition) is 1. The van der Waals surface area contributed by atoms with Gasteiger partial charge in [0.2, 0.25) is 5.91 Å². The predicted molar refractivity (Wildman–Crippen MR) is 107 cm³/mol. The Labute approximate surface area is 160 Å². The summed E-state index contributed by atoms with van der Waals surface area (Å²) in [5.41, 5.74) is 3.07. The molecule has 6 nitrogen and oxygen atoms in total. The lowest BCUT2D eigenvalue weighted by molar-refractivity contribution is -0.115. The van der Waals surface area contributed by atoms with Crippen LogP contribution >= 0.6 is 15.9 Å². The van der Waals surface area contributed by atoms with Gasteiger partial charge in [0.05, 0.1) is 30.5 Å². The number of methoxy groups -OCH3 is 1. The van der Waals surface area contributed by atoms with E-state index >= 15 is 0 Å². The minimum absolute atomic E-state index is 0.126. The van der Waals surface area contributed by atoms with E-state index in [9.17, 15) is 4.79 Å². The Kier molecular flexibility index (Phi) is 5.68. The maximum Gasteiger partial charge on any atom is 0.243 e. The van der Waals surface area contributed by atoms with Gasteiger partial charge in [0.1, 0.15) is 11.3 Å². The highest BCUT2D eigenvalue weighted by Gasteiger charge is 2.15. The van der Waals surface area contributed by atoms with Crippen LogP contribution in [0.15, 0.2) is 53.3 Å². The number of halogens is 1.